The second-order valence-electron chi connectivity index (χ2n) is 5.93. The van der Waals surface area contributed by atoms with Crippen molar-refractivity contribution in [1.82, 2.24) is 10.2 Å². The van der Waals surface area contributed by atoms with Gasteiger partial charge in [0.2, 0.25) is 0 Å². The van der Waals surface area contributed by atoms with E-state index in [9.17, 15) is 4.79 Å². The lowest BCUT2D eigenvalue weighted by Gasteiger charge is -2.26. The van der Waals surface area contributed by atoms with Gasteiger partial charge in [0, 0.05) is 17.1 Å². The van der Waals surface area contributed by atoms with Crippen molar-refractivity contribution >= 4 is 17.5 Å². The topological polar surface area (TPSA) is 45.5 Å². The van der Waals surface area contributed by atoms with E-state index in [1.807, 2.05) is 19.1 Å². The molecule has 0 radical (unpaired) electrons. The summed E-state index contributed by atoms with van der Waals surface area (Å²) in [5.74, 6) is 1.70. The molecular weight excluding hydrogens is 312 g/mol. The van der Waals surface area contributed by atoms with E-state index in [-0.39, 0.29) is 11.9 Å². The van der Waals surface area contributed by atoms with Crippen LogP contribution in [0.15, 0.2) is 40.8 Å². The number of nitrogens with one attached hydrogen (secondary N) is 1. The Hall–Kier alpha value is -1.78. The number of amides is 1. The molecule has 0 spiro atoms. The van der Waals surface area contributed by atoms with E-state index >= 15 is 0 Å². The smallest absolute Gasteiger partial charge is 0.251 e. The molecule has 0 saturated carbocycles. The molecular formula is C18H21ClN2O2. The van der Waals surface area contributed by atoms with Gasteiger partial charge in [-0.25, -0.2) is 0 Å². The molecule has 5 heteroatoms. The third kappa shape index (κ3) is 3.95. The molecule has 3 rings (SSSR count). The normalized spacial score (nSPS) is 16.4. The second kappa shape index (κ2) is 7.20. The monoisotopic (exact) mass is 332 g/mol. The predicted octanol–water partition coefficient (Wildman–Crippen LogP) is 3.81. The highest BCUT2D eigenvalue weighted by molar-refractivity contribution is 6.30. The molecule has 122 valence electrons. The summed E-state index contributed by atoms with van der Waals surface area (Å²) >= 11 is 5.95. The number of hydrogen-bond acceptors (Lipinski definition) is 3. The van der Waals surface area contributed by atoms with Crippen molar-refractivity contribution in [3.05, 3.63) is 58.5 Å². The standard InChI is InChI=1S/C18H21ClN2O2/c1-13-7-8-17(23-13)16(21-9-2-3-10-21)12-20-18(22)14-5-4-6-15(19)11-14/h4-8,11,16H,2-3,9-10,12H2,1H3,(H,20,22)/t16-/m0/s1. The molecule has 0 bridgehead atoms. The first-order valence-corrected chi connectivity index (χ1v) is 8.35. The van der Waals surface area contributed by atoms with Gasteiger partial charge in [-0.15, -0.1) is 0 Å². The minimum atomic E-state index is -0.111. The number of rotatable bonds is 5. The van der Waals surface area contributed by atoms with Crippen molar-refractivity contribution in [2.75, 3.05) is 19.6 Å². The first-order chi connectivity index (χ1) is 11.1. The van der Waals surface area contributed by atoms with Gasteiger partial charge >= 0.3 is 0 Å². The maximum atomic E-state index is 12.3. The zero-order chi connectivity index (χ0) is 16.2. The maximum absolute atomic E-state index is 12.3. The van der Waals surface area contributed by atoms with E-state index in [1.165, 1.54) is 12.8 Å². The van der Waals surface area contributed by atoms with E-state index in [2.05, 4.69) is 10.2 Å². The summed E-state index contributed by atoms with van der Waals surface area (Å²) < 4.78 is 5.80. The summed E-state index contributed by atoms with van der Waals surface area (Å²) in [4.78, 5) is 14.7. The summed E-state index contributed by atoms with van der Waals surface area (Å²) in [6.07, 6.45) is 2.39. The van der Waals surface area contributed by atoms with Gasteiger partial charge in [0.05, 0.1) is 6.04 Å². The van der Waals surface area contributed by atoms with Crippen LogP contribution in [0.25, 0.3) is 0 Å². The molecule has 1 aliphatic heterocycles. The highest BCUT2D eigenvalue weighted by atomic mass is 35.5. The van der Waals surface area contributed by atoms with Crippen LogP contribution < -0.4 is 5.32 Å². The third-order valence-electron chi connectivity index (χ3n) is 4.21. The quantitative estimate of drug-likeness (QED) is 0.905. The average Bonchev–Trinajstić information content (AvgIpc) is 3.20. The first-order valence-electron chi connectivity index (χ1n) is 7.97. The summed E-state index contributed by atoms with van der Waals surface area (Å²) in [6, 6.07) is 11.0. The van der Waals surface area contributed by atoms with E-state index in [0.717, 1.165) is 24.6 Å². The van der Waals surface area contributed by atoms with Crippen molar-refractivity contribution < 1.29 is 9.21 Å². The summed E-state index contributed by atoms with van der Waals surface area (Å²) in [7, 11) is 0. The van der Waals surface area contributed by atoms with Crippen LogP contribution in [-0.2, 0) is 0 Å². The Labute approximate surface area is 141 Å². The lowest BCUT2D eigenvalue weighted by atomic mass is 10.1. The number of nitrogens with zero attached hydrogens (tertiary/aromatic N) is 1. The van der Waals surface area contributed by atoms with Crippen molar-refractivity contribution in [1.29, 1.82) is 0 Å². The molecule has 23 heavy (non-hydrogen) atoms. The van der Waals surface area contributed by atoms with Crippen molar-refractivity contribution in [3.63, 3.8) is 0 Å². The Morgan fingerprint density at radius 3 is 2.74 bits per heavy atom. The lowest BCUT2D eigenvalue weighted by molar-refractivity contribution is 0.0933. The fraction of sp³-hybridized carbons (Fsp3) is 0.389. The summed E-state index contributed by atoms with van der Waals surface area (Å²) in [5.41, 5.74) is 0.577. The molecule has 1 aliphatic rings. The van der Waals surface area contributed by atoms with Gasteiger partial charge in [0.25, 0.3) is 5.91 Å². The molecule has 2 aromatic rings. The van der Waals surface area contributed by atoms with Gasteiger partial charge in [0.1, 0.15) is 11.5 Å². The van der Waals surface area contributed by atoms with Gasteiger partial charge in [-0.1, -0.05) is 17.7 Å². The Morgan fingerprint density at radius 1 is 1.30 bits per heavy atom. The highest BCUT2D eigenvalue weighted by Gasteiger charge is 2.26. The molecule has 0 unspecified atom stereocenters. The number of hydrogen-bond donors (Lipinski definition) is 1. The molecule has 4 nitrogen and oxygen atoms in total. The largest absolute Gasteiger partial charge is 0.465 e. The van der Waals surface area contributed by atoms with Crippen LogP contribution in [-0.4, -0.2) is 30.4 Å². The number of benzene rings is 1. The Kier molecular flexibility index (Phi) is 5.03. The molecule has 1 N–H and O–H groups in total. The average molecular weight is 333 g/mol. The van der Waals surface area contributed by atoms with E-state index in [0.29, 0.717) is 17.1 Å². The Bertz CT molecular complexity index is 677. The van der Waals surface area contributed by atoms with Crippen LogP contribution in [0.5, 0.6) is 0 Å². The van der Waals surface area contributed by atoms with Crippen molar-refractivity contribution in [2.24, 2.45) is 0 Å². The molecule has 1 fully saturated rings. The van der Waals surface area contributed by atoms with Crippen LogP contribution in [0, 0.1) is 6.92 Å². The maximum Gasteiger partial charge on any atom is 0.251 e. The van der Waals surface area contributed by atoms with Crippen LogP contribution in [0.1, 0.15) is 40.8 Å². The molecule has 1 aromatic carbocycles. The van der Waals surface area contributed by atoms with Crippen LogP contribution in [0.4, 0.5) is 0 Å². The van der Waals surface area contributed by atoms with Crippen LogP contribution >= 0.6 is 11.6 Å². The SMILES string of the molecule is Cc1ccc([C@H](CNC(=O)c2cccc(Cl)c2)N2CCCC2)o1. The zero-order valence-electron chi connectivity index (χ0n) is 13.2. The Balaban J connectivity index is 1.70. The van der Waals surface area contributed by atoms with Gasteiger partial charge < -0.3 is 9.73 Å². The number of aryl methyl sites for hydroxylation is 1. The predicted molar refractivity (Wildman–Crippen MR) is 90.8 cm³/mol. The minimum absolute atomic E-state index is 0.0781. The minimum Gasteiger partial charge on any atom is -0.465 e. The van der Waals surface area contributed by atoms with Gasteiger partial charge in [0.15, 0.2) is 0 Å². The zero-order valence-corrected chi connectivity index (χ0v) is 14.0. The van der Waals surface area contributed by atoms with E-state index in [4.69, 9.17) is 16.0 Å². The molecule has 1 atom stereocenters. The van der Waals surface area contributed by atoms with Gasteiger partial charge in [-0.3, -0.25) is 9.69 Å². The number of carbonyl (C=O) groups excluding carboxylic acids is 1. The summed E-state index contributed by atoms with van der Waals surface area (Å²) in [6.45, 7) is 4.54. The third-order valence-corrected chi connectivity index (χ3v) is 4.45. The van der Waals surface area contributed by atoms with Crippen molar-refractivity contribution in [3.8, 4) is 0 Å². The second-order valence-corrected chi connectivity index (χ2v) is 6.36. The van der Waals surface area contributed by atoms with Gasteiger partial charge in [-0.2, -0.15) is 0 Å². The fourth-order valence-electron chi connectivity index (χ4n) is 3.02. The molecule has 1 saturated heterocycles. The Morgan fingerprint density at radius 2 is 2.09 bits per heavy atom. The molecule has 1 aromatic heterocycles. The van der Waals surface area contributed by atoms with Crippen LogP contribution in [0.2, 0.25) is 5.02 Å². The van der Waals surface area contributed by atoms with Crippen LogP contribution in [0.3, 0.4) is 0 Å². The summed E-state index contributed by atoms with van der Waals surface area (Å²) in [5, 5.41) is 3.58. The molecule has 1 amide bonds. The number of carbonyl (C=O) groups is 1. The van der Waals surface area contributed by atoms with Gasteiger partial charge in [-0.05, 0) is 63.2 Å². The number of likely N-dealkylation sites (tertiary alicyclic amines) is 1. The van der Waals surface area contributed by atoms with E-state index < -0.39 is 0 Å². The molecule has 0 aliphatic carbocycles. The molecule has 2 heterocycles. The fourth-order valence-corrected chi connectivity index (χ4v) is 3.21. The number of halogens is 1. The first kappa shape index (κ1) is 16.1. The van der Waals surface area contributed by atoms with Crippen molar-refractivity contribution in [2.45, 2.75) is 25.8 Å². The lowest BCUT2D eigenvalue weighted by Crippen LogP contribution is -2.36. The van der Waals surface area contributed by atoms with E-state index in [1.54, 1.807) is 24.3 Å². The number of furan rings is 1. The highest BCUT2D eigenvalue weighted by Crippen LogP contribution is 2.26.